The molecule has 1 unspecified atom stereocenters. The molecule has 0 spiro atoms. The molecule has 38 heavy (non-hydrogen) atoms. The van der Waals surface area contributed by atoms with Gasteiger partial charge in [-0.1, -0.05) is 37.1 Å². The Balaban J connectivity index is 1.47. The lowest BCUT2D eigenvalue weighted by Gasteiger charge is -2.21. The van der Waals surface area contributed by atoms with Crippen molar-refractivity contribution >= 4 is 5.78 Å². The third-order valence-corrected chi connectivity index (χ3v) is 7.05. The minimum Gasteiger partial charge on any atom is -0.326 e. The van der Waals surface area contributed by atoms with Gasteiger partial charge in [0.1, 0.15) is 11.5 Å². The van der Waals surface area contributed by atoms with Crippen molar-refractivity contribution in [2.75, 3.05) is 0 Å². The first kappa shape index (κ1) is 25.5. The number of hydrogen-bond acceptors (Lipinski definition) is 5. The highest BCUT2D eigenvalue weighted by atomic mass is 19.1. The molecule has 1 aliphatic rings. The van der Waals surface area contributed by atoms with E-state index in [-0.39, 0.29) is 23.8 Å². The van der Waals surface area contributed by atoms with Crippen LogP contribution in [0.5, 0.6) is 0 Å². The molecule has 4 aromatic rings. The number of carbonyl (C=O) groups is 1. The van der Waals surface area contributed by atoms with Crippen LogP contribution in [0, 0.1) is 18.7 Å². The van der Waals surface area contributed by atoms with Crippen LogP contribution in [0.1, 0.15) is 64.6 Å². The molecule has 1 saturated carbocycles. The summed E-state index contributed by atoms with van der Waals surface area (Å²) in [6.07, 6.45) is 5.22. The summed E-state index contributed by atoms with van der Waals surface area (Å²) in [5.41, 5.74) is 8.37. The molecule has 5 rings (SSSR count). The summed E-state index contributed by atoms with van der Waals surface area (Å²) in [5, 5.41) is 4.48. The van der Waals surface area contributed by atoms with Crippen LogP contribution in [0.3, 0.4) is 0 Å². The van der Waals surface area contributed by atoms with Crippen LogP contribution in [-0.2, 0) is 13.0 Å². The monoisotopic (exact) mass is 515 g/mol. The van der Waals surface area contributed by atoms with Crippen molar-refractivity contribution in [3.8, 4) is 5.69 Å². The molecular weight excluding hydrogens is 485 g/mol. The number of nitrogens with two attached hydrogens (primary N) is 1. The summed E-state index contributed by atoms with van der Waals surface area (Å²) in [4.78, 5) is 40.0. The molecule has 0 bridgehead atoms. The van der Waals surface area contributed by atoms with Crippen LogP contribution in [-0.4, -0.2) is 25.1 Å². The SMILES string of the molecule is Cc1cc(C(=O)Cc2cc(C(CCC3CC3)n3ccc(=O)[nH]c3=O)ccc2F)n(-c2cccc(CN)c2)n1. The van der Waals surface area contributed by atoms with Crippen molar-refractivity contribution < 1.29 is 9.18 Å². The van der Waals surface area contributed by atoms with Crippen LogP contribution in [0.4, 0.5) is 4.39 Å². The van der Waals surface area contributed by atoms with Gasteiger partial charge in [0.25, 0.3) is 5.56 Å². The zero-order valence-corrected chi connectivity index (χ0v) is 21.2. The Labute approximate surface area is 218 Å². The first-order valence-electron chi connectivity index (χ1n) is 12.8. The lowest BCUT2D eigenvalue weighted by Crippen LogP contribution is -2.32. The zero-order valence-electron chi connectivity index (χ0n) is 21.2. The van der Waals surface area contributed by atoms with Gasteiger partial charge in [-0.3, -0.25) is 19.1 Å². The summed E-state index contributed by atoms with van der Waals surface area (Å²) >= 11 is 0. The fourth-order valence-corrected chi connectivity index (χ4v) is 4.85. The summed E-state index contributed by atoms with van der Waals surface area (Å²) in [7, 11) is 0. The second kappa shape index (κ2) is 10.7. The Bertz CT molecular complexity index is 1600. The molecule has 2 aromatic carbocycles. The molecule has 0 radical (unpaired) electrons. The average molecular weight is 516 g/mol. The molecular formula is C29H30FN5O3. The van der Waals surface area contributed by atoms with Gasteiger partial charge in [-0.25, -0.2) is 13.9 Å². The van der Waals surface area contributed by atoms with Crippen molar-refractivity contribution in [2.45, 2.75) is 51.6 Å². The van der Waals surface area contributed by atoms with Crippen molar-refractivity contribution in [3.05, 3.63) is 116 Å². The van der Waals surface area contributed by atoms with Gasteiger partial charge in [0.15, 0.2) is 5.78 Å². The number of aromatic amines is 1. The predicted molar refractivity (Wildman–Crippen MR) is 142 cm³/mol. The summed E-state index contributed by atoms with van der Waals surface area (Å²) in [6.45, 7) is 2.16. The van der Waals surface area contributed by atoms with Gasteiger partial charge in [0.2, 0.25) is 0 Å². The quantitative estimate of drug-likeness (QED) is 0.312. The van der Waals surface area contributed by atoms with Crippen LogP contribution in [0.25, 0.3) is 5.69 Å². The van der Waals surface area contributed by atoms with E-state index in [2.05, 4.69) is 10.1 Å². The van der Waals surface area contributed by atoms with E-state index in [9.17, 15) is 18.8 Å². The Morgan fingerprint density at radius 3 is 2.71 bits per heavy atom. The molecule has 1 atom stereocenters. The van der Waals surface area contributed by atoms with Gasteiger partial charge in [0, 0.05) is 25.2 Å². The van der Waals surface area contributed by atoms with Crippen LogP contribution in [0.2, 0.25) is 0 Å². The highest BCUT2D eigenvalue weighted by molar-refractivity contribution is 5.96. The maximum atomic E-state index is 15.0. The Hall–Kier alpha value is -4.11. The Morgan fingerprint density at radius 1 is 1.16 bits per heavy atom. The first-order chi connectivity index (χ1) is 18.3. The van der Waals surface area contributed by atoms with E-state index >= 15 is 0 Å². The number of nitrogens with zero attached hydrogens (tertiary/aromatic N) is 3. The number of nitrogens with one attached hydrogen (secondary N) is 1. The van der Waals surface area contributed by atoms with E-state index in [4.69, 9.17) is 5.73 Å². The van der Waals surface area contributed by atoms with E-state index in [0.717, 1.165) is 24.8 Å². The standard InChI is InChI=1S/C29H30FN5O3/c1-18-13-26(35(33-18)23-4-2-3-20(14-23)17-31)27(36)16-22-15-21(8-9-24(22)30)25(10-7-19-5-6-19)34-12-11-28(37)32-29(34)38/h2-4,8-9,11-15,19,25H,5-7,10,16-17,31H2,1H3,(H,32,37,38). The number of halogens is 1. The van der Waals surface area contributed by atoms with E-state index in [1.165, 1.54) is 22.9 Å². The van der Waals surface area contributed by atoms with Crippen molar-refractivity contribution in [3.63, 3.8) is 0 Å². The summed E-state index contributed by atoms with van der Waals surface area (Å²) in [6, 6.07) is 14.7. The molecule has 3 N–H and O–H groups in total. The Kier molecular flexibility index (Phi) is 7.20. The smallest absolute Gasteiger partial charge is 0.326 e. The largest absolute Gasteiger partial charge is 0.328 e. The van der Waals surface area contributed by atoms with Crippen LogP contribution < -0.4 is 17.0 Å². The van der Waals surface area contributed by atoms with E-state index in [0.29, 0.717) is 41.5 Å². The van der Waals surface area contributed by atoms with Crippen molar-refractivity contribution in [1.29, 1.82) is 0 Å². The number of benzene rings is 2. The van der Waals surface area contributed by atoms with Gasteiger partial charge in [-0.15, -0.1) is 0 Å². The average Bonchev–Trinajstić information content (AvgIpc) is 3.65. The van der Waals surface area contributed by atoms with Gasteiger partial charge >= 0.3 is 5.69 Å². The zero-order chi connectivity index (χ0) is 26.8. The van der Waals surface area contributed by atoms with Gasteiger partial charge in [-0.2, -0.15) is 5.10 Å². The molecule has 1 fully saturated rings. The maximum Gasteiger partial charge on any atom is 0.328 e. The number of aryl methyl sites for hydroxylation is 1. The maximum absolute atomic E-state index is 15.0. The lowest BCUT2D eigenvalue weighted by atomic mass is 9.96. The van der Waals surface area contributed by atoms with Crippen molar-refractivity contribution in [2.24, 2.45) is 11.7 Å². The number of ketones is 1. The highest BCUT2D eigenvalue weighted by Gasteiger charge is 2.25. The molecule has 2 aromatic heterocycles. The minimum atomic E-state index is -0.515. The van der Waals surface area contributed by atoms with E-state index in [1.54, 1.807) is 29.8 Å². The highest BCUT2D eigenvalue weighted by Crippen LogP contribution is 2.37. The second-order valence-electron chi connectivity index (χ2n) is 9.96. The van der Waals surface area contributed by atoms with Crippen LogP contribution >= 0.6 is 0 Å². The molecule has 9 heteroatoms. The fourth-order valence-electron chi connectivity index (χ4n) is 4.85. The number of Topliss-reactive ketones (excluding diaryl/α,β-unsaturated/α-hetero) is 1. The van der Waals surface area contributed by atoms with Crippen molar-refractivity contribution in [1.82, 2.24) is 19.3 Å². The third kappa shape index (κ3) is 5.57. The molecule has 0 amide bonds. The predicted octanol–water partition coefficient (Wildman–Crippen LogP) is 3.83. The summed E-state index contributed by atoms with van der Waals surface area (Å²) in [5.74, 6) is -0.154. The topological polar surface area (TPSA) is 116 Å². The molecule has 8 nitrogen and oxygen atoms in total. The molecule has 0 saturated heterocycles. The second-order valence-corrected chi connectivity index (χ2v) is 9.96. The van der Waals surface area contributed by atoms with E-state index < -0.39 is 17.1 Å². The van der Waals surface area contributed by atoms with Gasteiger partial charge < -0.3 is 5.73 Å². The molecule has 0 aliphatic heterocycles. The number of carbonyl (C=O) groups excluding carboxylic acids is 1. The lowest BCUT2D eigenvalue weighted by molar-refractivity contribution is 0.0984. The van der Waals surface area contributed by atoms with Gasteiger partial charge in [-0.05, 0) is 66.6 Å². The van der Waals surface area contributed by atoms with E-state index in [1.807, 2.05) is 24.3 Å². The number of aromatic nitrogens is 4. The first-order valence-corrected chi connectivity index (χ1v) is 12.8. The number of H-pyrrole nitrogens is 1. The minimum absolute atomic E-state index is 0.169. The third-order valence-electron chi connectivity index (χ3n) is 7.05. The Morgan fingerprint density at radius 2 is 1.97 bits per heavy atom. The molecule has 2 heterocycles. The number of hydrogen-bond donors (Lipinski definition) is 2. The fraction of sp³-hybridized carbons (Fsp3) is 0.310. The normalized spacial score (nSPS) is 14.0. The molecule has 1 aliphatic carbocycles. The van der Waals surface area contributed by atoms with Crippen LogP contribution in [0.15, 0.2) is 70.4 Å². The molecule has 196 valence electrons. The summed E-state index contributed by atoms with van der Waals surface area (Å²) < 4.78 is 18.0. The number of rotatable bonds is 10. The van der Waals surface area contributed by atoms with Gasteiger partial charge in [0.05, 0.1) is 17.4 Å².